The Morgan fingerprint density at radius 1 is 1.38 bits per heavy atom. The van der Waals surface area contributed by atoms with Crippen LogP contribution in [0.4, 0.5) is 5.13 Å². The third kappa shape index (κ3) is 3.32. The van der Waals surface area contributed by atoms with Crippen molar-refractivity contribution < 1.29 is 9.53 Å². The summed E-state index contributed by atoms with van der Waals surface area (Å²) in [5.41, 5.74) is 2.19. The highest BCUT2D eigenvalue weighted by Crippen LogP contribution is 2.34. The molecule has 0 amide bonds. The Labute approximate surface area is 159 Å². The topological polar surface area (TPSA) is 60.2 Å². The number of hydrogen-bond donors (Lipinski definition) is 0. The average Bonchev–Trinajstić information content (AvgIpc) is 3.29. The maximum absolute atomic E-state index is 11.6. The largest absolute Gasteiger partial charge is 0.464 e. The van der Waals surface area contributed by atoms with Crippen LogP contribution in [0, 0.1) is 0 Å². The van der Waals surface area contributed by atoms with Crippen molar-refractivity contribution in [1.29, 1.82) is 0 Å². The van der Waals surface area contributed by atoms with Gasteiger partial charge in [0.05, 0.1) is 23.9 Å². The molecule has 6 nitrogen and oxygen atoms in total. The Bertz CT molecular complexity index is 994. The summed E-state index contributed by atoms with van der Waals surface area (Å²) in [5, 5.41) is 5.94. The third-order valence-corrected chi connectivity index (χ3v) is 5.50. The fourth-order valence-electron chi connectivity index (χ4n) is 2.96. The fourth-order valence-corrected chi connectivity index (χ4v) is 4.35. The second-order valence-electron chi connectivity index (χ2n) is 6.00. The lowest BCUT2D eigenvalue weighted by Crippen LogP contribution is -2.26. The second-order valence-corrected chi connectivity index (χ2v) is 7.45. The number of fused-ring (bicyclic) bond motifs is 1. The molecule has 1 aliphatic rings. The van der Waals surface area contributed by atoms with Crippen molar-refractivity contribution in [2.75, 3.05) is 25.1 Å². The van der Waals surface area contributed by atoms with Gasteiger partial charge in [-0.2, -0.15) is 5.10 Å². The predicted molar refractivity (Wildman–Crippen MR) is 103 cm³/mol. The van der Waals surface area contributed by atoms with Gasteiger partial charge < -0.3 is 9.64 Å². The Hall–Kier alpha value is -2.38. The molecule has 1 aromatic carbocycles. The number of thiazole rings is 1. The molecule has 0 saturated carbocycles. The molecule has 3 heterocycles. The monoisotopic (exact) mass is 388 g/mol. The van der Waals surface area contributed by atoms with E-state index in [1.165, 1.54) is 7.11 Å². The number of benzene rings is 1. The molecule has 0 atom stereocenters. The number of hydrogen-bond acceptors (Lipinski definition) is 6. The van der Waals surface area contributed by atoms with E-state index in [0.29, 0.717) is 11.6 Å². The summed E-state index contributed by atoms with van der Waals surface area (Å²) in [7, 11) is 1.34. The first-order valence-electron chi connectivity index (χ1n) is 8.25. The Morgan fingerprint density at radius 2 is 2.27 bits per heavy atom. The molecular weight excluding hydrogens is 372 g/mol. The Kier molecular flexibility index (Phi) is 4.65. The predicted octanol–water partition coefficient (Wildman–Crippen LogP) is 3.75. The number of carbonyl (C=O) groups excluding carboxylic acids is 1. The molecule has 4 rings (SSSR count). The molecule has 0 N–H and O–H groups in total. The highest BCUT2D eigenvalue weighted by Gasteiger charge is 2.16. The number of esters is 1. The van der Waals surface area contributed by atoms with Gasteiger partial charge in [0.2, 0.25) is 0 Å². The molecule has 2 aromatic heterocycles. The van der Waals surface area contributed by atoms with E-state index >= 15 is 0 Å². The van der Waals surface area contributed by atoms with Crippen molar-refractivity contribution in [3.8, 4) is 0 Å². The van der Waals surface area contributed by atoms with Gasteiger partial charge in [0, 0.05) is 29.9 Å². The van der Waals surface area contributed by atoms with Gasteiger partial charge in [-0.3, -0.25) is 4.68 Å². The van der Waals surface area contributed by atoms with E-state index in [2.05, 4.69) is 22.2 Å². The first-order valence-corrected chi connectivity index (χ1v) is 9.44. The summed E-state index contributed by atoms with van der Waals surface area (Å²) in [5.74, 6) is -0.450. The SMILES string of the molecule is COC(=O)c1ccn(Cc2cc(Cl)cc3sc(N4CC=CCC4)nc23)n1. The van der Waals surface area contributed by atoms with Crippen LogP contribution in [-0.2, 0) is 11.3 Å². The average molecular weight is 389 g/mol. The summed E-state index contributed by atoms with van der Waals surface area (Å²) >= 11 is 7.96. The first-order chi connectivity index (χ1) is 12.6. The van der Waals surface area contributed by atoms with Crippen LogP contribution >= 0.6 is 22.9 Å². The van der Waals surface area contributed by atoms with Crippen molar-refractivity contribution in [1.82, 2.24) is 14.8 Å². The third-order valence-electron chi connectivity index (χ3n) is 4.22. The van der Waals surface area contributed by atoms with E-state index in [-0.39, 0.29) is 5.69 Å². The van der Waals surface area contributed by atoms with Crippen LogP contribution in [0.15, 0.2) is 36.5 Å². The molecule has 0 spiro atoms. The van der Waals surface area contributed by atoms with Gasteiger partial charge in [0.1, 0.15) is 0 Å². The molecular formula is C18H17ClN4O2S. The molecule has 0 saturated heterocycles. The van der Waals surface area contributed by atoms with Gasteiger partial charge in [-0.1, -0.05) is 35.1 Å². The van der Waals surface area contributed by atoms with Crippen LogP contribution in [0.1, 0.15) is 22.5 Å². The van der Waals surface area contributed by atoms with Gasteiger partial charge >= 0.3 is 5.97 Å². The van der Waals surface area contributed by atoms with Crippen LogP contribution in [0.5, 0.6) is 0 Å². The molecule has 1 aliphatic heterocycles. The number of rotatable bonds is 4. The number of halogens is 1. The lowest BCUT2D eigenvalue weighted by atomic mass is 10.2. The number of methoxy groups -OCH3 is 1. The molecule has 3 aromatic rings. The summed E-state index contributed by atoms with van der Waals surface area (Å²) in [6.07, 6.45) is 7.15. The number of ether oxygens (including phenoxy) is 1. The summed E-state index contributed by atoms with van der Waals surface area (Å²) in [4.78, 5) is 18.7. The van der Waals surface area contributed by atoms with Crippen LogP contribution in [0.3, 0.4) is 0 Å². The Balaban J connectivity index is 1.67. The van der Waals surface area contributed by atoms with Gasteiger partial charge in [0.25, 0.3) is 0 Å². The quantitative estimate of drug-likeness (QED) is 0.503. The molecule has 0 unspecified atom stereocenters. The van der Waals surface area contributed by atoms with Gasteiger partial charge in [-0.15, -0.1) is 0 Å². The maximum atomic E-state index is 11.6. The van der Waals surface area contributed by atoms with Crippen molar-refractivity contribution in [3.05, 3.63) is 52.8 Å². The van der Waals surface area contributed by atoms with Crippen LogP contribution in [0.25, 0.3) is 10.2 Å². The van der Waals surface area contributed by atoms with E-state index in [4.69, 9.17) is 21.3 Å². The lowest BCUT2D eigenvalue weighted by molar-refractivity contribution is 0.0593. The van der Waals surface area contributed by atoms with Crippen molar-refractivity contribution in [3.63, 3.8) is 0 Å². The normalized spacial score (nSPS) is 14.2. The van der Waals surface area contributed by atoms with Gasteiger partial charge in [-0.05, 0) is 24.6 Å². The fraction of sp³-hybridized carbons (Fsp3) is 0.278. The zero-order valence-electron chi connectivity index (χ0n) is 14.2. The molecule has 0 radical (unpaired) electrons. The molecule has 26 heavy (non-hydrogen) atoms. The maximum Gasteiger partial charge on any atom is 0.358 e. The first kappa shape index (κ1) is 17.1. The number of nitrogens with zero attached hydrogens (tertiary/aromatic N) is 4. The van der Waals surface area contributed by atoms with E-state index in [1.807, 2.05) is 12.1 Å². The summed E-state index contributed by atoms with van der Waals surface area (Å²) in [6, 6.07) is 5.49. The van der Waals surface area contributed by atoms with Crippen molar-refractivity contribution in [2.45, 2.75) is 13.0 Å². The molecule has 0 aliphatic carbocycles. The van der Waals surface area contributed by atoms with Gasteiger partial charge in [0.15, 0.2) is 10.8 Å². The van der Waals surface area contributed by atoms with Crippen LogP contribution in [-0.4, -0.2) is 40.9 Å². The zero-order chi connectivity index (χ0) is 18.1. The second kappa shape index (κ2) is 7.09. The smallest absolute Gasteiger partial charge is 0.358 e. The molecule has 8 heteroatoms. The molecule has 0 fully saturated rings. The minimum Gasteiger partial charge on any atom is -0.464 e. The lowest BCUT2D eigenvalue weighted by Gasteiger charge is -2.22. The summed E-state index contributed by atoms with van der Waals surface area (Å²) < 4.78 is 7.45. The molecule has 0 bridgehead atoms. The van der Waals surface area contributed by atoms with E-state index in [9.17, 15) is 4.79 Å². The van der Waals surface area contributed by atoms with Gasteiger partial charge in [-0.25, -0.2) is 9.78 Å². The minimum absolute atomic E-state index is 0.282. The summed E-state index contributed by atoms with van der Waals surface area (Å²) in [6.45, 7) is 2.34. The Morgan fingerprint density at radius 3 is 3.04 bits per heavy atom. The van der Waals surface area contributed by atoms with Crippen molar-refractivity contribution >= 4 is 44.3 Å². The standard InChI is InChI=1S/C18H17ClN4O2S/c1-25-17(24)14-5-8-23(21-14)11-12-9-13(19)10-15-16(12)20-18(26-15)22-6-3-2-4-7-22/h2-3,5,8-10H,4,6-7,11H2,1H3. The van der Waals surface area contributed by atoms with E-state index in [0.717, 1.165) is 40.4 Å². The highest BCUT2D eigenvalue weighted by atomic mass is 35.5. The number of aromatic nitrogens is 3. The zero-order valence-corrected chi connectivity index (χ0v) is 15.8. The van der Waals surface area contributed by atoms with E-state index in [1.54, 1.807) is 28.3 Å². The molecule has 134 valence electrons. The van der Waals surface area contributed by atoms with Crippen LogP contribution in [0.2, 0.25) is 5.02 Å². The van der Waals surface area contributed by atoms with E-state index < -0.39 is 5.97 Å². The van der Waals surface area contributed by atoms with Crippen molar-refractivity contribution in [2.24, 2.45) is 0 Å². The number of anilines is 1. The van der Waals surface area contributed by atoms with Crippen LogP contribution < -0.4 is 4.90 Å². The number of carbonyl (C=O) groups is 1. The highest BCUT2D eigenvalue weighted by molar-refractivity contribution is 7.22. The minimum atomic E-state index is -0.450.